The molecule has 0 atom stereocenters. The van der Waals surface area contributed by atoms with Crippen LogP contribution in [0.2, 0.25) is 0 Å². The molecule has 0 radical (unpaired) electrons. The Morgan fingerprint density at radius 2 is 1.83 bits per heavy atom. The van der Waals surface area contributed by atoms with E-state index in [9.17, 15) is 4.79 Å². The predicted molar refractivity (Wildman–Crippen MR) is 65.4 cm³/mol. The highest BCUT2D eigenvalue weighted by atomic mass is 16.5. The van der Waals surface area contributed by atoms with Gasteiger partial charge in [0.15, 0.2) is 5.69 Å². The molecule has 92 valence electrons. The zero-order chi connectivity index (χ0) is 13.0. The summed E-state index contributed by atoms with van der Waals surface area (Å²) in [5.74, 6) is 0.258. The van der Waals surface area contributed by atoms with E-state index in [1.807, 2.05) is 24.3 Å². The molecule has 0 aliphatic carbocycles. The summed E-state index contributed by atoms with van der Waals surface area (Å²) in [6.07, 6.45) is 2.97. The van der Waals surface area contributed by atoms with E-state index in [4.69, 9.17) is 4.74 Å². The molecule has 0 saturated heterocycles. The zero-order valence-corrected chi connectivity index (χ0v) is 10.1. The van der Waals surface area contributed by atoms with Crippen molar-refractivity contribution >= 4 is 5.97 Å². The molecule has 0 bridgehead atoms. The molecular formula is C13H12N2O3. The molecule has 0 aliphatic heterocycles. The van der Waals surface area contributed by atoms with Gasteiger partial charge in [0.1, 0.15) is 5.75 Å². The quantitative estimate of drug-likeness (QED) is 0.772. The third kappa shape index (κ3) is 2.45. The molecule has 0 aliphatic rings. The lowest BCUT2D eigenvalue weighted by Crippen LogP contribution is -2.05. The highest BCUT2D eigenvalue weighted by Crippen LogP contribution is 2.20. The average Bonchev–Trinajstić information content (AvgIpc) is 2.46. The first-order chi connectivity index (χ1) is 8.74. The van der Waals surface area contributed by atoms with Crippen molar-refractivity contribution < 1.29 is 14.3 Å². The molecule has 0 amide bonds. The maximum Gasteiger partial charge on any atom is 0.358 e. The summed E-state index contributed by atoms with van der Waals surface area (Å²) >= 11 is 0. The minimum absolute atomic E-state index is 0.186. The lowest BCUT2D eigenvalue weighted by atomic mass is 10.1. The first kappa shape index (κ1) is 12.0. The van der Waals surface area contributed by atoms with Crippen molar-refractivity contribution in [3.8, 4) is 17.0 Å². The van der Waals surface area contributed by atoms with Gasteiger partial charge in [0.2, 0.25) is 0 Å². The topological polar surface area (TPSA) is 61.3 Å². The van der Waals surface area contributed by atoms with Gasteiger partial charge in [-0.2, -0.15) is 0 Å². The van der Waals surface area contributed by atoms with Crippen LogP contribution in [0.1, 0.15) is 10.5 Å². The van der Waals surface area contributed by atoms with Crippen molar-refractivity contribution in [3.05, 3.63) is 42.4 Å². The molecule has 1 heterocycles. The Balaban J connectivity index is 2.35. The fourth-order valence-electron chi connectivity index (χ4n) is 1.47. The molecule has 0 saturated carbocycles. The third-order valence-corrected chi connectivity index (χ3v) is 2.41. The number of hydrogen-bond acceptors (Lipinski definition) is 5. The number of carbonyl (C=O) groups excluding carboxylic acids is 1. The first-order valence-corrected chi connectivity index (χ1v) is 5.29. The Morgan fingerprint density at radius 1 is 1.11 bits per heavy atom. The van der Waals surface area contributed by atoms with Gasteiger partial charge >= 0.3 is 5.97 Å². The maximum atomic E-state index is 11.4. The van der Waals surface area contributed by atoms with E-state index in [-0.39, 0.29) is 5.69 Å². The van der Waals surface area contributed by atoms with Gasteiger partial charge in [-0.05, 0) is 24.3 Å². The van der Waals surface area contributed by atoms with Gasteiger partial charge in [-0.3, -0.25) is 4.98 Å². The minimum atomic E-state index is -0.502. The summed E-state index contributed by atoms with van der Waals surface area (Å²) in [6, 6.07) is 7.34. The average molecular weight is 244 g/mol. The molecule has 2 aromatic rings. The van der Waals surface area contributed by atoms with Gasteiger partial charge in [0.05, 0.1) is 32.3 Å². The minimum Gasteiger partial charge on any atom is -0.497 e. The van der Waals surface area contributed by atoms with Gasteiger partial charge in [-0.25, -0.2) is 9.78 Å². The monoisotopic (exact) mass is 244 g/mol. The molecule has 0 unspecified atom stereocenters. The van der Waals surface area contributed by atoms with Gasteiger partial charge in [-0.1, -0.05) is 0 Å². The van der Waals surface area contributed by atoms with E-state index in [0.29, 0.717) is 5.69 Å². The van der Waals surface area contributed by atoms with Crippen molar-refractivity contribution in [1.82, 2.24) is 9.97 Å². The van der Waals surface area contributed by atoms with Gasteiger partial charge in [0, 0.05) is 5.56 Å². The SMILES string of the molecule is COC(=O)c1cncc(-c2ccc(OC)cc2)n1. The molecule has 1 aromatic heterocycles. The highest BCUT2D eigenvalue weighted by molar-refractivity contribution is 5.87. The number of benzene rings is 1. The summed E-state index contributed by atoms with van der Waals surface area (Å²) in [6.45, 7) is 0. The summed E-state index contributed by atoms with van der Waals surface area (Å²) in [4.78, 5) is 19.5. The van der Waals surface area contributed by atoms with Crippen LogP contribution in [0, 0.1) is 0 Å². The summed E-state index contributed by atoms with van der Waals surface area (Å²) in [5.41, 5.74) is 1.65. The Kier molecular flexibility index (Phi) is 3.52. The van der Waals surface area contributed by atoms with Crippen LogP contribution in [0.25, 0.3) is 11.3 Å². The van der Waals surface area contributed by atoms with Crippen LogP contribution in [-0.4, -0.2) is 30.2 Å². The third-order valence-electron chi connectivity index (χ3n) is 2.41. The van der Waals surface area contributed by atoms with Gasteiger partial charge in [-0.15, -0.1) is 0 Å². The first-order valence-electron chi connectivity index (χ1n) is 5.29. The smallest absolute Gasteiger partial charge is 0.358 e. The van der Waals surface area contributed by atoms with Crippen LogP contribution in [0.5, 0.6) is 5.75 Å². The Bertz CT molecular complexity index is 552. The Labute approximate surface area is 104 Å². The van der Waals surface area contributed by atoms with Crippen molar-refractivity contribution in [2.75, 3.05) is 14.2 Å². The van der Waals surface area contributed by atoms with Crippen molar-refractivity contribution in [2.45, 2.75) is 0 Å². The normalized spacial score (nSPS) is 9.89. The number of nitrogens with zero attached hydrogens (tertiary/aromatic N) is 2. The number of aromatic nitrogens is 2. The van der Waals surface area contributed by atoms with E-state index >= 15 is 0 Å². The molecule has 18 heavy (non-hydrogen) atoms. The van der Waals surface area contributed by atoms with E-state index in [1.54, 1.807) is 13.3 Å². The molecule has 5 nitrogen and oxygen atoms in total. The van der Waals surface area contributed by atoms with E-state index < -0.39 is 5.97 Å². The predicted octanol–water partition coefficient (Wildman–Crippen LogP) is 1.94. The van der Waals surface area contributed by atoms with Crippen molar-refractivity contribution in [1.29, 1.82) is 0 Å². The number of hydrogen-bond donors (Lipinski definition) is 0. The van der Waals surface area contributed by atoms with Gasteiger partial charge < -0.3 is 9.47 Å². The summed E-state index contributed by atoms with van der Waals surface area (Å²) in [7, 11) is 2.91. The second-order valence-corrected chi connectivity index (χ2v) is 3.51. The molecule has 0 fully saturated rings. The maximum absolute atomic E-state index is 11.4. The second kappa shape index (κ2) is 5.27. The van der Waals surface area contributed by atoms with Gasteiger partial charge in [0.25, 0.3) is 0 Å². The second-order valence-electron chi connectivity index (χ2n) is 3.51. The highest BCUT2D eigenvalue weighted by Gasteiger charge is 2.09. The van der Waals surface area contributed by atoms with Crippen LogP contribution >= 0.6 is 0 Å². The molecule has 0 N–H and O–H groups in total. The molecule has 1 aromatic carbocycles. The molecule has 2 rings (SSSR count). The van der Waals surface area contributed by atoms with Crippen LogP contribution in [0.3, 0.4) is 0 Å². The Morgan fingerprint density at radius 3 is 2.44 bits per heavy atom. The van der Waals surface area contributed by atoms with Crippen LogP contribution in [0.4, 0.5) is 0 Å². The lowest BCUT2D eigenvalue weighted by Gasteiger charge is -2.04. The van der Waals surface area contributed by atoms with E-state index in [1.165, 1.54) is 13.3 Å². The lowest BCUT2D eigenvalue weighted by molar-refractivity contribution is 0.0593. The van der Waals surface area contributed by atoms with Crippen LogP contribution < -0.4 is 4.74 Å². The number of ether oxygens (including phenoxy) is 2. The fourth-order valence-corrected chi connectivity index (χ4v) is 1.47. The van der Waals surface area contributed by atoms with Crippen molar-refractivity contribution in [3.63, 3.8) is 0 Å². The summed E-state index contributed by atoms with van der Waals surface area (Å²) in [5, 5.41) is 0. The number of carbonyl (C=O) groups is 1. The standard InChI is InChI=1S/C13H12N2O3/c1-17-10-5-3-9(4-6-10)11-7-14-8-12(15-11)13(16)18-2/h3-8H,1-2H3. The largest absolute Gasteiger partial charge is 0.497 e. The zero-order valence-electron chi connectivity index (χ0n) is 10.1. The number of rotatable bonds is 3. The van der Waals surface area contributed by atoms with E-state index in [0.717, 1.165) is 11.3 Å². The number of methoxy groups -OCH3 is 2. The fraction of sp³-hybridized carbons (Fsp3) is 0.154. The summed E-state index contributed by atoms with van der Waals surface area (Å²) < 4.78 is 9.68. The van der Waals surface area contributed by atoms with Crippen LogP contribution in [-0.2, 0) is 4.74 Å². The van der Waals surface area contributed by atoms with Crippen LogP contribution in [0.15, 0.2) is 36.7 Å². The van der Waals surface area contributed by atoms with Crippen molar-refractivity contribution in [2.24, 2.45) is 0 Å². The molecular weight excluding hydrogens is 232 g/mol. The molecule has 0 spiro atoms. The Hall–Kier alpha value is -2.43. The number of esters is 1. The molecule has 5 heteroatoms. The van der Waals surface area contributed by atoms with E-state index in [2.05, 4.69) is 14.7 Å².